The molecule has 0 fully saturated rings. The van der Waals surface area contributed by atoms with Gasteiger partial charge < -0.3 is 4.74 Å². The second-order valence-electron chi connectivity index (χ2n) is 5.12. The van der Waals surface area contributed by atoms with Gasteiger partial charge >= 0.3 is 0 Å². The number of anilines is 1. The molecule has 2 rings (SSSR count). The summed E-state index contributed by atoms with van der Waals surface area (Å²) in [5.74, 6) is 0.233. The topological polar surface area (TPSA) is 72.5 Å². The predicted molar refractivity (Wildman–Crippen MR) is 89.6 cm³/mol. The number of nitrogens with one attached hydrogen (secondary N) is 1. The first-order chi connectivity index (χ1) is 10.8. The summed E-state index contributed by atoms with van der Waals surface area (Å²) in [5, 5.41) is 0. The van der Waals surface area contributed by atoms with Crippen molar-refractivity contribution in [3.63, 3.8) is 0 Å². The van der Waals surface area contributed by atoms with Crippen molar-refractivity contribution in [1.29, 1.82) is 0 Å². The molecule has 0 heterocycles. The zero-order valence-electron chi connectivity index (χ0n) is 13.3. The van der Waals surface area contributed by atoms with Crippen molar-refractivity contribution in [2.45, 2.75) is 25.7 Å². The molecule has 1 N–H and O–H groups in total. The summed E-state index contributed by atoms with van der Waals surface area (Å²) in [6.45, 7) is 5.50. The minimum atomic E-state index is -3.75. The lowest BCUT2D eigenvalue weighted by atomic mass is 10.1. The fraction of sp³-hybridized carbons (Fsp3) is 0.235. The number of carbonyl (C=O) groups is 1. The number of benzene rings is 2. The number of aryl methyl sites for hydroxylation is 1. The van der Waals surface area contributed by atoms with E-state index in [1.807, 2.05) is 6.92 Å². The lowest BCUT2D eigenvalue weighted by Crippen LogP contribution is -2.14. The van der Waals surface area contributed by atoms with E-state index in [4.69, 9.17) is 4.74 Å². The number of hydrogen-bond acceptors (Lipinski definition) is 4. The molecular formula is C17H19NO4S. The van der Waals surface area contributed by atoms with Gasteiger partial charge in [0.1, 0.15) is 5.75 Å². The van der Waals surface area contributed by atoms with Gasteiger partial charge in [-0.3, -0.25) is 9.52 Å². The Kier molecular flexibility index (Phi) is 5.05. The average molecular weight is 333 g/mol. The summed E-state index contributed by atoms with van der Waals surface area (Å²) >= 11 is 0. The van der Waals surface area contributed by atoms with Crippen molar-refractivity contribution < 1.29 is 17.9 Å². The van der Waals surface area contributed by atoms with Crippen LogP contribution in [0.2, 0.25) is 0 Å². The third kappa shape index (κ3) is 4.10. The largest absolute Gasteiger partial charge is 0.492 e. The first-order valence-electron chi connectivity index (χ1n) is 7.21. The second kappa shape index (κ2) is 6.83. The Bertz CT molecular complexity index is 811. The van der Waals surface area contributed by atoms with E-state index in [1.165, 1.54) is 25.1 Å². The van der Waals surface area contributed by atoms with Crippen molar-refractivity contribution in [2.75, 3.05) is 11.3 Å². The second-order valence-corrected chi connectivity index (χ2v) is 6.80. The Labute approximate surface area is 136 Å². The van der Waals surface area contributed by atoms with E-state index in [-0.39, 0.29) is 16.4 Å². The zero-order chi connectivity index (χ0) is 17.0. The predicted octanol–water partition coefficient (Wildman–Crippen LogP) is 3.40. The van der Waals surface area contributed by atoms with Crippen molar-refractivity contribution in [2.24, 2.45) is 0 Å². The Morgan fingerprint density at radius 3 is 2.35 bits per heavy atom. The van der Waals surface area contributed by atoms with Crippen LogP contribution in [0.5, 0.6) is 5.75 Å². The van der Waals surface area contributed by atoms with Gasteiger partial charge in [-0.25, -0.2) is 8.42 Å². The highest BCUT2D eigenvalue weighted by molar-refractivity contribution is 7.92. The van der Waals surface area contributed by atoms with Crippen LogP contribution in [0.1, 0.15) is 29.8 Å². The molecule has 2 aromatic carbocycles. The number of ketones is 1. The molecule has 5 nitrogen and oxygen atoms in total. The van der Waals surface area contributed by atoms with Gasteiger partial charge in [0.15, 0.2) is 5.78 Å². The van der Waals surface area contributed by atoms with Crippen molar-refractivity contribution >= 4 is 21.5 Å². The summed E-state index contributed by atoms with van der Waals surface area (Å²) in [6.07, 6.45) is 0. The summed E-state index contributed by atoms with van der Waals surface area (Å²) < 4.78 is 32.9. The molecule has 0 aliphatic heterocycles. The third-order valence-electron chi connectivity index (χ3n) is 3.26. The lowest BCUT2D eigenvalue weighted by Gasteiger charge is -2.14. The maximum Gasteiger partial charge on any atom is 0.262 e. The van der Waals surface area contributed by atoms with Gasteiger partial charge in [0, 0.05) is 5.56 Å². The van der Waals surface area contributed by atoms with Gasteiger partial charge in [-0.2, -0.15) is 0 Å². The standard InChI is InChI=1S/C17H19NO4S/c1-4-22-17-10-7-14(13(3)19)11-16(17)18-23(20,21)15-8-5-12(2)6-9-15/h5-11,18H,4H2,1-3H3. The molecule has 0 spiro atoms. The average Bonchev–Trinajstić information content (AvgIpc) is 2.49. The zero-order valence-corrected chi connectivity index (χ0v) is 14.1. The summed E-state index contributed by atoms with van der Waals surface area (Å²) in [4.78, 5) is 11.7. The Hall–Kier alpha value is -2.34. The van der Waals surface area contributed by atoms with Gasteiger partial charge in [0.25, 0.3) is 10.0 Å². The van der Waals surface area contributed by atoms with E-state index in [0.717, 1.165) is 5.56 Å². The van der Waals surface area contributed by atoms with Crippen molar-refractivity contribution in [1.82, 2.24) is 0 Å². The monoisotopic (exact) mass is 333 g/mol. The van der Waals surface area contributed by atoms with Crippen LogP contribution in [-0.2, 0) is 10.0 Å². The van der Waals surface area contributed by atoms with E-state index in [2.05, 4.69) is 4.72 Å². The molecule has 23 heavy (non-hydrogen) atoms. The minimum Gasteiger partial charge on any atom is -0.492 e. The SMILES string of the molecule is CCOc1ccc(C(C)=O)cc1NS(=O)(=O)c1ccc(C)cc1. The van der Waals surface area contributed by atoms with Crippen LogP contribution in [-0.4, -0.2) is 20.8 Å². The molecule has 0 aliphatic carbocycles. The fourth-order valence-corrected chi connectivity index (χ4v) is 3.09. The molecule has 0 saturated carbocycles. The van der Waals surface area contributed by atoms with E-state index < -0.39 is 10.0 Å². The normalized spacial score (nSPS) is 11.1. The van der Waals surface area contributed by atoms with Crippen LogP contribution in [0.4, 0.5) is 5.69 Å². The smallest absolute Gasteiger partial charge is 0.262 e. The first kappa shape index (κ1) is 17.0. The van der Waals surface area contributed by atoms with E-state index >= 15 is 0 Å². The summed E-state index contributed by atoms with van der Waals surface area (Å²) in [7, 11) is -3.75. The number of carbonyl (C=O) groups excluding carboxylic acids is 1. The molecular weight excluding hydrogens is 314 g/mol. The highest BCUT2D eigenvalue weighted by Gasteiger charge is 2.17. The van der Waals surface area contributed by atoms with Gasteiger partial charge in [0.05, 0.1) is 17.2 Å². The highest BCUT2D eigenvalue weighted by atomic mass is 32.2. The summed E-state index contributed by atoms with van der Waals surface area (Å²) in [6, 6.07) is 11.2. The summed E-state index contributed by atoms with van der Waals surface area (Å²) in [5.41, 5.74) is 1.63. The Morgan fingerprint density at radius 1 is 1.13 bits per heavy atom. The molecule has 2 aromatic rings. The van der Waals surface area contributed by atoms with Crippen LogP contribution in [0.15, 0.2) is 47.4 Å². The quantitative estimate of drug-likeness (QED) is 0.822. The number of hydrogen-bond donors (Lipinski definition) is 1. The highest BCUT2D eigenvalue weighted by Crippen LogP contribution is 2.28. The molecule has 6 heteroatoms. The fourth-order valence-electron chi connectivity index (χ4n) is 2.03. The molecule has 0 aromatic heterocycles. The molecule has 0 atom stereocenters. The van der Waals surface area contributed by atoms with E-state index in [9.17, 15) is 13.2 Å². The maximum atomic E-state index is 12.5. The third-order valence-corrected chi connectivity index (χ3v) is 4.64. The molecule has 0 radical (unpaired) electrons. The molecule has 0 saturated heterocycles. The van der Waals surface area contributed by atoms with Gasteiger partial charge in [-0.1, -0.05) is 17.7 Å². The Morgan fingerprint density at radius 2 is 1.78 bits per heavy atom. The van der Waals surface area contributed by atoms with Gasteiger partial charge in [0.2, 0.25) is 0 Å². The number of Topliss-reactive ketones (excluding diaryl/α,β-unsaturated/α-hetero) is 1. The van der Waals surface area contributed by atoms with Gasteiger partial charge in [-0.15, -0.1) is 0 Å². The molecule has 0 amide bonds. The number of ether oxygens (including phenoxy) is 1. The Balaban J connectivity index is 2.42. The van der Waals surface area contributed by atoms with Crippen LogP contribution in [0.25, 0.3) is 0 Å². The van der Waals surface area contributed by atoms with Crippen LogP contribution < -0.4 is 9.46 Å². The van der Waals surface area contributed by atoms with Crippen molar-refractivity contribution in [3.8, 4) is 5.75 Å². The molecule has 0 unspecified atom stereocenters. The van der Waals surface area contributed by atoms with Crippen LogP contribution >= 0.6 is 0 Å². The molecule has 0 aliphatic rings. The lowest BCUT2D eigenvalue weighted by molar-refractivity contribution is 0.101. The van der Waals surface area contributed by atoms with E-state index in [1.54, 1.807) is 31.2 Å². The van der Waals surface area contributed by atoms with Crippen LogP contribution in [0, 0.1) is 6.92 Å². The maximum absolute atomic E-state index is 12.5. The number of sulfonamides is 1. The molecule has 122 valence electrons. The van der Waals surface area contributed by atoms with Crippen molar-refractivity contribution in [3.05, 3.63) is 53.6 Å². The first-order valence-corrected chi connectivity index (χ1v) is 8.69. The number of rotatable bonds is 6. The van der Waals surface area contributed by atoms with Gasteiger partial charge in [-0.05, 0) is 51.1 Å². The van der Waals surface area contributed by atoms with E-state index in [0.29, 0.717) is 17.9 Å². The minimum absolute atomic E-state index is 0.149. The molecule has 0 bridgehead atoms. The van der Waals surface area contributed by atoms with Crippen LogP contribution in [0.3, 0.4) is 0 Å².